The van der Waals surface area contributed by atoms with Crippen LogP contribution in [0.3, 0.4) is 0 Å². The van der Waals surface area contributed by atoms with Crippen LogP contribution in [0.25, 0.3) is 11.2 Å². The minimum absolute atomic E-state index is 0.0908. The minimum Gasteiger partial charge on any atom is -0.497 e. The number of benzene rings is 1. The Morgan fingerprint density at radius 2 is 2.29 bits per heavy atom. The third kappa shape index (κ3) is 3.78. The van der Waals surface area contributed by atoms with Crippen molar-refractivity contribution in [1.29, 1.82) is 0 Å². The standard InChI is InChI=1S/C18H18BrN5O4/c1-26-12-4-5-15(19)14(9-12)18(25)23-7-8-27-13(10-23)11-28-24-17-16(21-22-24)3-2-6-20-17/h2-6,9,13H,7-8,10-11H2,1H3. The van der Waals surface area contributed by atoms with Crippen molar-refractivity contribution in [2.24, 2.45) is 0 Å². The number of amides is 1. The number of morpholine rings is 1. The fraction of sp³-hybridized carbons (Fsp3) is 0.333. The Morgan fingerprint density at radius 3 is 3.14 bits per heavy atom. The number of pyridine rings is 1. The van der Waals surface area contributed by atoms with Gasteiger partial charge in [-0.05, 0) is 51.5 Å². The van der Waals surface area contributed by atoms with Gasteiger partial charge in [0.2, 0.25) is 5.65 Å². The molecular formula is C18H18BrN5O4. The Morgan fingerprint density at radius 1 is 1.39 bits per heavy atom. The van der Waals surface area contributed by atoms with Gasteiger partial charge in [-0.25, -0.2) is 4.98 Å². The van der Waals surface area contributed by atoms with Gasteiger partial charge in [0.05, 0.1) is 25.8 Å². The van der Waals surface area contributed by atoms with Gasteiger partial charge >= 0.3 is 0 Å². The summed E-state index contributed by atoms with van der Waals surface area (Å²) in [6, 6.07) is 8.91. The van der Waals surface area contributed by atoms with Gasteiger partial charge in [0.25, 0.3) is 5.91 Å². The number of hydrogen-bond donors (Lipinski definition) is 0. The van der Waals surface area contributed by atoms with Crippen molar-refractivity contribution in [3.05, 3.63) is 46.6 Å². The summed E-state index contributed by atoms with van der Waals surface area (Å²) >= 11 is 3.44. The highest BCUT2D eigenvalue weighted by atomic mass is 79.9. The highest BCUT2D eigenvalue weighted by molar-refractivity contribution is 9.10. The molecule has 146 valence electrons. The van der Waals surface area contributed by atoms with Crippen LogP contribution in [-0.2, 0) is 4.74 Å². The third-order valence-corrected chi connectivity index (χ3v) is 5.09. The molecule has 1 aliphatic rings. The van der Waals surface area contributed by atoms with E-state index >= 15 is 0 Å². The molecule has 0 saturated carbocycles. The monoisotopic (exact) mass is 447 g/mol. The van der Waals surface area contributed by atoms with Gasteiger partial charge in [-0.15, -0.1) is 5.10 Å². The number of methoxy groups -OCH3 is 1. The second kappa shape index (κ2) is 8.11. The molecular weight excluding hydrogens is 430 g/mol. The quantitative estimate of drug-likeness (QED) is 0.585. The maximum atomic E-state index is 12.9. The van der Waals surface area contributed by atoms with Gasteiger partial charge in [-0.1, -0.05) is 4.85 Å². The second-order valence-corrected chi connectivity index (χ2v) is 7.05. The molecule has 1 atom stereocenters. The van der Waals surface area contributed by atoms with E-state index in [0.29, 0.717) is 42.2 Å². The number of hydrogen-bond acceptors (Lipinski definition) is 7. The summed E-state index contributed by atoms with van der Waals surface area (Å²) in [5.41, 5.74) is 1.73. The first kappa shape index (κ1) is 18.6. The fourth-order valence-corrected chi connectivity index (χ4v) is 3.37. The highest BCUT2D eigenvalue weighted by Crippen LogP contribution is 2.24. The number of fused-ring (bicyclic) bond motifs is 1. The average Bonchev–Trinajstić information content (AvgIpc) is 3.15. The second-order valence-electron chi connectivity index (χ2n) is 6.19. The summed E-state index contributed by atoms with van der Waals surface area (Å²) in [6.07, 6.45) is 1.36. The Labute approximate surface area is 169 Å². The first-order valence-corrected chi connectivity index (χ1v) is 9.49. The molecule has 0 radical (unpaired) electrons. The largest absolute Gasteiger partial charge is 0.497 e. The zero-order valence-corrected chi connectivity index (χ0v) is 16.7. The van der Waals surface area contributed by atoms with Gasteiger partial charge in [0, 0.05) is 17.2 Å². The van der Waals surface area contributed by atoms with Gasteiger partial charge in [0.1, 0.15) is 24.0 Å². The van der Waals surface area contributed by atoms with Crippen LogP contribution in [0.15, 0.2) is 41.0 Å². The van der Waals surface area contributed by atoms with Gasteiger partial charge in [-0.3, -0.25) is 4.79 Å². The predicted molar refractivity (Wildman–Crippen MR) is 103 cm³/mol. The van der Waals surface area contributed by atoms with E-state index in [1.807, 2.05) is 0 Å². The number of rotatable bonds is 5. The lowest BCUT2D eigenvalue weighted by molar-refractivity contribution is -0.0680. The Kier molecular flexibility index (Phi) is 5.40. The summed E-state index contributed by atoms with van der Waals surface area (Å²) in [6.45, 7) is 1.56. The topological polar surface area (TPSA) is 91.6 Å². The van der Waals surface area contributed by atoms with E-state index in [0.717, 1.165) is 4.47 Å². The number of nitrogens with zero attached hydrogens (tertiary/aromatic N) is 5. The van der Waals surface area contributed by atoms with Crippen molar-refractivity contribution in [3.8, 4) is 5.75 Å². The zero-order chi connectivity index (χ0) is 19.5. The van der Waals surface area contributed by atoms with E-state index in [-0.39, 0.29) is 18.6 Å². The molecule has 28 heavy (non-hydrogen) atoms. The number of ether oxygens (including phenoxy) is 2. The molecule has 1 unspecified atom stereocenters. The molecule has 3 heterocycles. The Balaban J connectivity index is 1.42. The molecule has 0 aliphatic carbocycles. The van der Waals surface area contributed by atoms with Crippen LogP contribution in [0.1, 0.15) is 10.4 Å². The molecule has 1 saturated heterocycles. The van der Waals surface area contributed by atoms with Crippen molar-refractivity contribution in [1.82, 2.24) is 25.0 Å². The molecule has 1 fully saturated rings. The molecule has 4 rings (SSSR count). The Hall–Kier alpha value is -2.72. The molecule has 2 aromatic heterocycles. The van der Waals surface area contributed by atoms with E-state index in [1.165, 1.54) is 4.85 Å². The number of carbonyl (C=O) groups is 1. The van der Waals surface area contributed by atoms with E-state index < -0.39 is 0 Å². The number of carbonyl (C=O) groups excluding carboxylic acids is 1. The first-order valence-electron chi connectivity index (χ1n) is 8.70. The van der Waals surface area contributed by atoms with Gasteiger partial charge in [-0.2, -0.15) is 0 Å². The molecule has 9 nitrogen and oxygen atoms in total. The van der Waals surface area contributed by atoms with Crippen molar-refractivity contribution in [2.75, 3.05) is 33.4 Å². The predicted octanol–water partition coefficient (Wildman–Crippen LogP) is 1.57. The lowest BCUT2D eigenvalue weighted by Gasteiger charge is -2.32. The zero-order valence-electron chi connectivity index (χ0n) is 15.1. The van der Waals surface area contributed by atoms with Crippen LogP contribution >= 0.6 is 15.9 Å². The molecule has 0 N–H and O–H groups in total. The van der Waals surface area contributed by atoms with Crippen LogP contribution in [0, 0.1) is 0 Å². The smallest absolute Gasteiger partial charge is 0.255 e. The van der Waals surface area contributed by atoms with E-state index in [4.69, 9.17) is 14.3 Å². The summed E-state index contributed by atoms with van der Waals surface area (Å²) in [7, 11) is 1.57. The summed E-state index contributed by atoms with van der Waals surface area (Å²) in [5, 5.41) is 7.93. The van der Waals surface area contributed by atoms with Gasteiger partial charge in [0.15, 0.2) is 0 Å². The van der Waals surface area contributed by atoms with Crippen LogP contribution in [0.4, 0.5) is 0 Å². The maximum Gasteiger partial charge on any atom is 0.255 e. The van der Waals surface area contributed by atoms with Gasteiger partial charge < -0.3 is 19.2 Å². The van der Waals surface area contributed by atoms with Crippen molar-refractivity contribution in [2.45, 2.75) is 6.10 Å². The van der Waals surface area contributed by atoms with E-state index in [2.05, 4.69) is 31.2 Å². The molecule has 1 aromatic carbocycles. The van der Waals surface area contributed by atoms with Crippen molar-refractivity contribution < 1.29 is 19.1 Å². The third-order valence-electron chi connectivity index (χ3n) is 4.39. The summed E-state index contributed by atoms with van der Waals surface area (Å²) in [4.78, 5) is 25.9. The molecule has 1 amide bonds. The minimum atomic E-state index is -0.287. The van der Waals surface area contributed by atoms with E-state index in [9.17, 15) is 4.79 Å². The molecule has 0 spiro atoms. The number of halogens is 1. The lowest BCUT2D eigenvalue weighted by atomic mass is 10.1. The highest BCUT2D eigenvalue weighted by Gasteiger charge is 2.27. The van der Waals surface area contributed by atoms with Crippen molar-refractivity contribution in [3.63, 3.8) is 0 Å². The van der Waals surface area contributed by atoms with Crippen LogP contribution in [-0.4, -0.2) is 70.5 Å². The van der Waals surface area contributed by atoms with Crippen LogP contribution < -0.4 is 9.57 Å². The first-order chi connectivity index (χ1) is 13.7. The molecule has 1 aliphatic heterocycles. The normalized spacial score (nSPS) is 16.9. The Bertz CT molecular complexity index is 995. The maximum absolute atomic E-state index is 12.9. The van der Waals surface area contributed by atoms with E-state index in [1.54, 1.807) is 48.5 Å². The molecule has 10 heteroatoms. The lowest BCUT2D eigenvalue weighted by Crippen LogP contribution is -2.48. The van der Waals surface area contributed by atoms with Crippen LogP contribution in [0.2, 0.25) is 0 Å². The van der Waals surface area contributed by atoms with Crippen molar-refractivity contribution >= 4 is 33.0 Å². The fourth-order valence-electron chi connectivity index (χ4n) is 2.96. The summed E-state index contributed by atoms with van der Waals surface area (Å²) < 4.78 is 11.7. The molecule has 0 bridgehead atoms. The molecule has 3 aromatic rings. The summed E-state index contributed by atoms with van der Waals surface area (Å²) in [5.74, 6) is 0.539. The SMILES string of the molecule is COc1ccc(Br)c(C(=O)N2CCOC(COn3nnc4cccnc43)C2)c1. The number of aromatic nitrogens is 4. The van der Waals surface area contributed by atoms with Crippen LogP contribution in [0.5, 0.6) is 5.75 Å². The average molecular weight is 448 g/mol.